The Labute approximate surface area is 156 Å². The lowest BCUT2D eigenvalue weighted by molar-refractivity contribution is 0.0942. The van der Waals surface area contributed by atoms with E-state index in [1.807, 2.05) is 29.1 Å². The molecule has 0 atom stereocenters. The van der Waals surface area contributed by atoms with Crippen molar-refractivity contribution in [1.82, 2.24) is 24.9 Å². The molecule has 138 valence electrons. The van der Waals surface area contributed by atoms with Crippen molar-refractivity contribution in [1.29, 1.82) is 0 Å². The van der Waals surface area contributed by atoms with Gasteiger partial charge in [0.1, 0.15) is 0 Å². The summed E-state index contributed by atoms with van der Waals surface area (Å²) >= 11 is 0. The third-order valence-corrected chi connectivity index (χ3v) is 5.02. The zero-order valence-corrected chi connectivity index (χ0v) is 15.1. The van der Waals surface area contributed by atoms with Crippen LogP contribution >= 0.6 is 0 Å². The van der Waals surface area contributed by atoms with Crippen LogP contribution in [0.15, 0.2) is 59.7 Å². The molecule has 0 spiro atoms. The maximum atomic E-state index is 12.6. The predicted molar refractivity (Wildman–Crippen MR) is 101 cm³/mol. The van der Waals surface area contributed by atoms with Gasteiger partial charge in [-0.2, -0.15) is 10.2 Å². The number of nitrogens with one attached hydrogen (secondary N) is 1. The third-order valence-electron chi connectivity index (χ3n) is 5.02. The average Bonchev–Trinajstić information content (AvgIpc) is 3.25. The number of amides is 1. The van der Waals surface area contributed by atoms with Crippen LogP contribution in [0.25, 0.3) is 11.3 Å². The first-order valence-electron chi connectivity index (χ1n) is 8.95. The van der Waals surface area contributed by atoms with Crippen molar-refractivity contribution in [2.24, 2.45) is 12.5 Å². The Morgan fingerprint density at radius 2 is 2.07 bits per heavy atom. The standard InChI is InChI=1S/C20H21N5O2/c1-24-18(26)7-6-17(23-24)15-4-2-5-16(12-15)19(27)21-13-20(8-9-20)14-25-11-3-10-22-25/h2-7,10-12H,8-9,13-14H2,1H3,(H,21,27). The van der Waals surface area contributed by atoms with Crippen molar-refractivity contribution < 1.29 is 4.79 Å². The minimum atomic E-state index is -0.167. The highest BCUT2D eigenvalue weighted by Crippen LogP contribution is 2.46. The van der Waals surface area contributed by atoms with E-state index in [0.29, 0.717) is 17.8 Å². The van der Waals surface area contributed by atoms with Gasteiger partial charge in [0.25, 0.3) is 11.5 Å². The largest absolute Gasteiger partial charge is 0.351 e. The average molecular weight is 363 g/mol. The molecule has 1 fully saturated rings. The van der Waals surface area contributed by atoms with Crippen molar-refractivity contribution in [2.45, 2.75) is 19.4 Å². The second-order valence-corrected chi connectivity index (χ2v) is 7.15. The summed E-state index contributed by atoms with van der Waals surface area (Å²) < 4.78 is 3.21. The molecular formula is C20H21N5O2. The van der Waals surface area contributed by atoms with Crippen molar-refractivity contribution in [3.8, 4) is 11.3 Å². The van der Waals surface area contributed by atoms with E-state index in [1.54, 1.807) is 31.4 Å². The molecule has 27 heavy (non-hydrogen) atoms. The molecular weight excluding hydrogens is 342 g/mol. The van der Waals surface area contributed by atoms with Gasteiger partial charge in [-0.3, -0.25) is 14.3 Å². The molecule has 0 aliphatic heterocycles. The Hall–Kier alpha value is -3.22. The molecule has 2 heterocycles. The molecule has 0 bridgehead atoms. The van der Waals surface area contributed by atoms with Gasteiger partial charge in [-0.15, -0.1) is 0 Å². The zero-order chi connectivity index (χ0) is 18.9. The minimum Gasteiger partial charge on any atom is -0.351 e. The van der Waals surface area contributed by atoms with Crippen LogP contribution in [-0.4, -0.2) is 32.0 Å². The Morgan fingerprint density at radius 3 is 2.78 bits per heavy atom. The number of carbonyl (C=O) groups is 1. The minimum absolute atomic E-state index is 0.103. The number of nitrogens with zero attached hydrogens (tertiary/aromatic N) is 4. The summed E-state index contributed by atoms with van der Waals surface area (Å²) in [4.78, 5) is 24.1. The van der Waals surface area contributed by atoms with E-state index in [1.165, 1.54) is 10.7 Å². The molecule has 1 aromatic carbocycles. The number of hydrogen-bond donors (Lipinski definition) is 1. The molecule has 3 aromatic rings. The van der Waals surface area contributed by atoms with E-state index < -0.39 is 0 Å². The van der Waals surface area contributed by atoms with Crippen molar-refractivity contribution >= 4 is 5.91 Å². The summed E-state index contributed by atoms with van der Waals surface area (Å²) in [5, 5.41) is 11.6. The first-order chi connectivity index (χ1) is 13.0. The van der Waals surface area contributed by atoms with Gasteiger partial charge in [-0.1, -0.05) is 12.1 Å². The smallest absolute Gasteiger partial charge is 0.266 e. The number of aromatic nitrogens is 4. The highest BCUT2D eigenvalue weighted by atomic mass is 16.1. The number of hydrogen-bond acceptors (Lipinski definition) is 4. The fourth-order valence-corrected chi connectivity index (χ4v) is 3.15. The lowest BCUT2D eigenvalue weighted by Crippen LogP contribution is -2.32. The molecule has 1 N–H and O–H groups in total. The molecule has 7 heteroatoms. The molecule has 0 saturated heterocycles. The van der Waals surface area contributed by atoms with Crippen LogP contribution in [0.3, 0.4) is 0 Å². The zero-order valence-electron chi connectivity index (χ0n) is 15.1. The van der Waals surface area contributed by atoms with Crippen LogP contribution in [0.2, 0.25) is 0 Å². The molecule has 1 aliphatic carbocycles. The van der Waals surface area contributed by atoms with Crippen LogP contribution in [0, 0.1) is 5.41 Å². The Bertz CT molecular complexity index is 1020. The second kappa shape index (κ2) is 6.83. The lowest BCUT2D eigenvalue weighted by Gasteiger charge is -2.16. The monoisotopic (exact) mass is 363 g/mol. The van der Waals surface area contributed by atoms with E-state index >= 15 is 0 Å². The summed E-state index contributed by atoms with van der Waals surface area (Å²) in [6.45, 7) is 1.45. The van der Waals surface area contributed by atoms with E-state index in [0.717, 1.165) is 24.9 Å². The third kappa shape index (κ3) is 3.81. The fraction of sp³-hybridized carbons (Fsp3) is 0.300. The number of benzene rings is 1. The summed E-state index contributed by atoms with van der Waals surface area (Å²) in [5.74, 6) is -0.103. The van der Waals surface area contributed by atoms with Crippen LogP contribution in [-0.2, 0) is 13.6 Å². The highest BCUT2D eigenvalue weighted by molar-refractivity contribution is 5.95. The van der Waals surface area contributed by atoms with Gasteiger partial charge in [-0.25, -0.2) is 4.68 Å². The molecule has 1 saturated carbocycles. The van der Waals surface area contributed by atoms with E-state index in [4.69, 9.17) is 0 Å². The summed E-state index contributed by atoms with van der Waals surface area (Å²) in [6, 6.07) is 12.3. The molecule has 4 rings (SSSR count). The van der Waals surface area contributed by atoms with Crippen molar-refractivity contribution in [3.63, 3.8) is 0 Å². The normalized spacial score (nSPS) is 14.7. The van der Waals surface area contributed by atoms with Crippen molar-refractivity contribution in [3.05, 3.63) is 70.8 Å². The highest BCUT2D eigenvalue weighted by Gasteiger charge is 2.43. The first kappa shape index (κ1) is 17.2. The Kier molecular flexibility index (Phi) is 4.35. The Balaban J connectivity index is 1.45. The van der Waals surface area contributed by atoms with E-state index in [9.17, 15) is 9.59 Å². The maximum Gasteiger partial charge on any atom is 0.266 e. The molecule has 7 nitrogen and oxygen atoms in total. The molecule has 0 radical (unpaired) electrons. The van der Waals surface area contributed by atoms with Crippen LogP contribution < -0.4 is 10.9 Å². The van der Waals surface area contributed by atoms with Crippen molar-refractivity contribution in [2.75, 3.05) is 6.54 Å². The van der Waals surface area contributed by atoms with Gasteiger partial charge >= 0.3 is 0 Å². The van der Waals surface area contributed by atoms with Crippen LogP contribution in [0.1, 0.15) is 23.2 Å². The summed E-state index contributed by atoms with van der Waals surface area (Å²) in [5.41, 5.74) is 1.98. The van der Waals surface area contributed by atoms with Crippen LogP contribution in [0.5, 0.6) is 0 Å². The topological polar surface area (TPSA) is 81.8 Å². The van der Waals surface area contributed by atoms with E-state index in [2.05, 4.69) is 15.5 Å². The van der Waals surface area contributed by atoms with Gasteiger partial charge in [-0.05, 0) is 37.1 Å². The summed E-state index contributed by atoms with van der Waals surface area (Å²) in [7, 11) is 1.61. The molecule has 2 aromatic heterocycles. The van der Waals surface area contributed by atoms with Crippen LogP contribution in [0.4, 0.5) is 0 Å². The summed E-state index contributed by atoms with van der Waals surface area (Å²) in [6.07, 6.45) is 5.91. The number of aryl methyl sites for hydroxylation is 1. The van der Waals surface area contributed by atoms with Gasteiger partial charge in [0.15, 0.2) is 0 Å². The molecule has 1 aliphatic rings. The van der Waals surface area contributed by atoms with Gasteiger partial charge in [0.05, 0.1) is 5.69 Å². The predicted octanol–water partition coefficient (Wildman–Crippen LogP) is 1.85. The maximum absolute atomic E-state index is 12.6. The number of rotatable bonds is 6. The van der Waals surface area contributed by atoms with Gasteiger partial charge in [0.2, 0.25) is 0 Å². The lowest BCUT2D eigenvalue weighted by atomic mass is 10.1. The Morgan fingerprint density at radius 1 is 1.22 bits per heavy atom. The number of carbonyl (C=O) groups excluding carboxylic acids is 1. The first-order valence-corrected chi connectivity index (χ1v) is 8.95. The van der Waals surface area contributed by atoms with Gasteiger partial charge in [0, 0.05) is 55.1 Å². The quantitative estimate of drug-likeness (QED) is 0.725. The van der Waals surface area contributed by atoms with Gasteiger partial charge < -0.3 is 5.32 Å². The van der Waals surface area contributed by atoms with E-state index in [-0.39, 0.29) is 16.9 Å². The fourth-order valence-electron chi connectivity index (χ4n) is 3.15. The second-order valence-electron chi connectivity index (χ2n) is 7.15. The SMILES string of the molecule is Cn1nc(-c2cccc(C(=O)NCC3(Cn4cccn4)CC3)c2)ccc1=O. The molecule has 0 unspecified atom stereocenters. The molecule has 1 amide bonds.